The van der Waals surface area contributed by atoms with Crippen molar-refractivity contribution in [2.45, 2.75) is 0 Å². The van der Waals surface area contributed by atoms with E-state index in [1.54, 1.807) is 12.1 Å². The van der Waals surface area contributed by atoms with Gasteiger partial charge in [-0.3, -0.25) is 19.7 Å². The van der Waals surface area contributed by atoms with Crippen molar-refractivity contribution in [3.8, 4) is 11.5 Å². The number of fused-ring (bicyclic) bond motifs is 1. The second-order valence-corrected chi connectivity index (χ2v) is 5.54. The van der Waals surface area contributed by atoms with Gasteiger partial charge in [-0.15, -0.1) is 0 Å². The number of piperazine rings is 1. The predicted octanol–water partition coefficient (Wildman–Crippen LogP) is 0.723. The Labute approximate surface area is 141 Å². The Balaban J connectivity index is 1.70. The molecule has 8 nitrogen and oxygen atoms in total. The number of hydrogen-bond donors (Lipinski definition) is 2. The zero-order valence-electron chi connectivity index (χ0n) is 13.0. The number of nitrogens with one attached hydrogen (secondary N) is 2. The number of aromatic nitrogens is 3. The molecule has 1 fully saturated rings. The number of H-pyrrole nitrogens is 1. The molecule has 25 heavy (non-hydrogen) atoms. The Morgan fingerprint density at radius 2 is 1.72 bits per heavy atom. The molecule has 2 aromatic heterocycles. The van der Waals surface area contributed by atoms with Crippen LogP contribution >= 0.6 is 0 Å². The Kier molecular flexibility index (Phi) is 3.58. The standard InChI is InChI=1S/C17H13N5O3/c23-14-8-18-9-15(24)22(14)17(25)13-7-3-6-12(19-13)16-20-10-4-1-2-5-11(10)21-16/h1-7,18H,8-9H2,(H,20,21). The summed E-state index contributed by atoms with van der Waals surface area (Å²) in [4.78, 5) is 48.8. The van der Waals surface area contributed by atoms with Crippen molar-refractivity contribution in [2.24, 2.45) is 0 Å². The molecule has 3 aromatic rings. The van der Waals surface area contributed by atoms with E-state index in [1.165, 1.54) is 6.07 Å². The van der Waals surface area contributed by atoms with E-state index in [9.17, 15) is 14.4 Å². The molecule has 0 bridgehead atoms. The molecule has 0 radical (unpaired) electrons. The van der Waals surface area contributed by atoms with Crippen LogP contribution in [0.25, 0.3) is 22.6 Å². The first-order valence-corrected chi connectivity index (χ1v) is 7.66. The van der Waals surface area contributed by atoms with Crippen LogP contribution in [0.2, 0.25) is 0 Å². The van der Waals surface area contributed by atoms with E-state index in [0.717, 1.165) is 11.0 Å². The maximum absolute atomic E-state index is 12.5. The summed E-state index contributed by atoms with van der Waals surface area (Å²) in [5.41, 5.74) is 2.10. The number of aromatic amines is 1. The molecule has 0 saturated carbocycles. The molecule has 2 N–H and O–H groups in total. The summed E-state index contributed by atoms with van der Waals surface area (Å²) in [6.07, 6.45) is 0. The summed E-state index contributed by atoms with van der Waals surface area (Å²) in [5.74, 6) is -1.39. The van der Waals surface area contributed by atoms with E-state index in [2.05, 4.69) is 20.3 Å². The molecule has 3 heterocycles. The van der Waals surface area contributed by atoms with Gasteiger partial charge in [0.05, 0.1) is 24.1 Å². The smallest absolute Gasteiger partial charge is 0.286 e. The van der Waals surface area contributed by atoms with Gasteiger partial charge in [-0.2, -0.15) is 0 Å². The van der Waals surface area contributed by atoms with Crippen molar-refractivity contribution in [1.82, 2.24) is 25.2 Å². The van der Waals surface area contributed by atoms with Gasteiger partial charge >= 0.3 is 0 Å². The van der Waals surface area contributed by atoms with Crippen molar-refractivity contribution < 1.29 is 14.4 Å². The van der Waals surface area contributed by atoms with Crippen LogP contribution in [-0.2, 0) is 9.59 Å². The molecule has 4 rings (SSSR count). The minimum atomic E-state index is -0.727. The summed E-state index contributed by atoms with van der Waals surface area (Å²) in [5, 5.41) is 2.64. The van der Waals surface area contributed by atoms with Gasteiger partial charge < -0.3 is 4.98 Å². The number of pyridine rings is 1. The highest BCUT2D eigenvalue weighted by atomic mass is 16.2. The van der Waals surface area contributed by atoms with Gasteiger partial charge in [-0.25, -0.2) is 14.9 Å². The Morgan fingerprint density at radius 1 is 0.960 bits per heavy atom. The zero-order chi connectivity index (χ0) is 17.4. The first-order chi connectivity index (χ1) is 12.1. The van der Waals surface area contributed by atoms with E-state index in [-0.39, 0.29) is 18.8 Å². The van der Waals surface area contributed by atoms with Crippen LogP contribution in [0.15, 0.2) is 42.5 Å². The van der Waals surface area contributed by atoms with E-state index >= 15 is 0 Å². The molecule has 1 aliphatic heterocycles. The highest BCUT2D eigenvalue weighted by molar-refractivity contribution is 6.17. The maximum atomic E-state index is 12.5. The second kappa shape index (κ2) is 5.91. The lowest BCUT2D eigenvalue weighted by molar-refractivity contribution is -0.142. The van der Waals surface area contributed by atoms with Crippen LogP contribution < -0.4 is 5.32 Å². The lowest BCUT2D eigenvalue weighted by atomic mass is 10.2. The normalized spacial score (nSPS) is 15.0. The van der Waals surface area contributed by atoms with Gasteiger partial charge in [0.15, 0.2) is 5.82 Å². The highest BCUT2D eigenvalue weighted by Gasteiger charge is 2.33. The third kappa shape index (κ3) is 2.68. The fourth-order valence-corrected chi connectivity index (χ4v) is 2.67. The number of amides is 3. The number of para-hydroxylation sites is 2. The molecule has 1 aliphatic rings. The third-order valence-corrected chi connectivity index (χ3v) is 3.85. The molecular formula is C17H13N5O3. The number of nitrogens with zero attached hydrogens (tertiary/aromatic N) is 3. The van der Waals surface area contributed by atoms with E-state index in [1.807, 2.05) is 24.3 Å². The molecule has 124 valence electrons. The Morgan fingerprint density at radius 3 is 2.48 bits per heavy atom. The summed E-state index contributed by atoms with van der Waals surface area (Å²) in [6.45, 7) is -0.110. The molecule has 1 saturated heterocycles. The minimum absolute atomic E-state index is 0.0153. The highest BCUT2D eigenvalue weighted by Crippen LogP contribution is 2.19. The number of carbonyl (C=O) groups excluding carboxylic acids is 3. The average Bonchev–Trinajstić information content (AvgIpc) is 3.06. The number of hydrogen-bond acceptors (Lipinski definition) is 6. The predicted molar refractivity (Wildman–Crippen MR) is 88.4 cm³/mol. The van der Waals surface area contributed by atoms with Crippen molar-refractivity contribution in [1.29, 1.82) is 0 Å². The zero-order valence-corrected chi connectivity index (χ0v) is 13.0. The van der Waals surface area contributed by atoms with Crippen molar-refractivity contribution >= 4 is 28.8 Å². The fourth-order valence-electron chi connectivity index (χ4n) is 2.67. The molecule has 0 atom stereocenters. The van der Waals surface area contributed by atoms with Gasteiger partial charge in [-0.05, 0) is 24.3 Å². The summed E-state index contributed by atoms with van der Waals surface area (Å²) >= 11 is 0. The molecule has 0 unspecified atom stereocenters. The van der Waals surface area contributed by atoms with Crippen LogP contribution in [0.5, 0.6) is 0 Å². The van der Waals surface area contributed by atoms with Crippen molar-refractivity contribution in [2.75, 3.05) is 13.1 Å². The van der Waals surface area contributed by atoms with Gasteiger partial charge in [0, 0.05) is 0 Å². The number of benzene rings is 1. The Hall–Kier alpha value is -3.39. The molecule has 0 aliphatic carbocycles. The Bertz CT molecular complexity index is 961. The second-order valence-electron chi connectivity index (χ2n) is 5.54. The monoisotopic (exact) mass is 335 g/mol. The molecular weight excluding hydrogens is 322 g/mol. The van der Waals surface area contributed by atoms with Crippen LogP contribution in [0.4, 0.5) is 0 Å². The van der Waals surface area contributed by atoms with E-state index in [0.29, 0.717) is 16.4 Å². The van der Waals surface area contributed by atoms with Crippen molar-refractivity contribution in [3.05, 3.63) is 48.2 Å². The maximum Gasteiger partial charge on any atom is 0.286 e. The molecule has 8 heteroatoms. The van der Waals surface area contributed by atoms with Crippen LogP contribution in [-0.4, -0.2) is 50.7 Å². The number of carbonyl (C=O) groups is 3. The minimum Gasteiger partial charge on any atom is -0.337 e. The fraction of sp³-hybridized carbons (Fsp3) is 0.118. The molecule has 3 amide bonds. The first kappa shape index (κ1) is 15.2. The summed E-state index contributed by atoms with van der Waals surface area (Å²) in [6, 6.07) is 12.3. The van der Waals surface area contributed by atoms with E-state index < -0.39 is 17.7 Å². The topological polar surface area (TPSA) is 108 Å². The first-order valence-electron chi connectivity index (χ1n) is 7.66. The van der Waals surface area contributed by atoms with Gasteiger partial charge in [0.1, 0.15) is 11.4 Å². The van der Waals surface area contributed by atoms with Gasteiger partial charge in [0.25, 0.3) is 5.91 Å². The lowest BCUT2D eigenvalue weighted by Crippen LogP contribution is -2.54. The lowest BCUT2D eigenvalue weighted by Gasteiger charge is -2.23. The summed E-state index contributed by atoms with van der Waals surface area (Å²) in [7, 11) is 0. The van der Waals surface area contributed by atoms with Crippen LogP contribution in [0.1, 0.15) is 10.5 Å². The van der Waals surface area contributed by atoms with Gasteiger partial charge in [-0.1, -0.05) is 18.2 Å². The number of imidazole rings is 1. The quantitative estimate of drug-likeness (QED) is 0.668. The number of rotatable bonds is 2. The third-order valence-electron chi connectivity index (χ3n) is 3.85. The van der Waals surface area contributed by atoms with Gasteiger partial charge in [0.2, 0.25) is 11.8 Å². The molecule has 0 spiro atoms. The largest absolute Gasteiger partial charge is 0.337 e. The average molecular weight is 335 g/mol. The van der Waals surface area contributed by atoms with Crippen molar-refractivity contribution in [3.63, 3.8) is 0 Å². The van der Waals surface area contributed by atoms with Crippen LogP contribution in [0, 0.1) is 0 Å². The number of imide groups is 3. The SMILES string of the molecule is O=C1CNCC(=O)N1C(=O)c1cccc(-c2nc3ccccc3[nH]2)n1. The summed E-state index contributed by atoms with van der Waals surface area (Å²) < 4.78 is 0. The molecule has 1 aromatic carbocycles. The van der Waals surface area contributed by atoms with E-state index in [4.69, 9.17) is 0 Å². The van der Waals surface area contributed by atoms with Crippen LogP contribution in [0.3, 0.4) is 0 Å².